The summed E-state index contributed by atoms with van der Waals surface area (Å²) in [6.07, 6.45) is -1.21. The summed E-state index contributed by atoms with van der Waals surface area (Å²) in [5.74, 6) is -6.27. The summed E-state index contributed by atoms with van der Waals surface area (Å²) in [5.41, 5.74) is 0. The molecule has 0 aromatic heterocycles. The zero-order valence-electron chi connectivity index (χ0n) is 8.16. The molecule has 100 valence electrons. The number of rotatable bonds is 6. The second kappa shape index (κ2) is 5.00. The monoisotopic (exact) mass is 279 g/mol. The van der Waals surface area contributed by atoms with Crippen molar-refractivity contribution in [2.45, 2.75) is 17.6 Å². The van der Waals surface area contributed by atoms with Crippen LogP contribution in [-0.4, -0.2) is 36.7 Å². The van der Waals surface area contributed by atoms with Gasteiger partial charge in [-0.25, -0.2) is 13.2 Å². The first kappa shape index (κ1) is 15.8. The lowest BCUT2D eigenvalue weighted by Gasteiger charge is -2.28. The fourth-order valence-electron chi connectivity index (χ4n) is 0.667. The average Bonchev–Trinajstić information content (AvgIpc) is 2.15. The summed E-state index contributed by atoms with van der Waals surface area (Å²) in [6.45, 7) is 1.73. The van der Waals surface area contributed by atoms with Crippen LogP contribution < -0.4 is 0 Å². The molecule has 0 rings (SSSR count). The molecule has 0 aromatic rings. The van der Waals surface area contributed by atoms with Crippen LogP contribution in [0.25, 0.3) is 0 Å². The Morgan fingerprint density at radius 1 is 1.35 bits per heavy atom. The van der Waals surface area contributed by atoms with Gasteiger partial charge < -0.3 is 9.29 Å². The largest absolute Gasteiger partial charge is 0.743 e. The van der Waals surface area contributed by atoms with Crippen LogP contribution in [0.1, 0.15) is 6.42 Å². The van der Waals surface area contributed by atoms with E-state index in [1.807, 2.05) is 0 Å². The fourth-order valence-corrected chi connectivity index (χ4v) is 1.13. The van der Waals surface area contributed by atoms with E-state index in [0.717, 1.165) is 0 Å². The third-order valence-electron chi connectivity index (χ3n) is 1.57. The molecular formula is C7H7F4O5S-. The Morgan fingerprint density at radius 2 is 1.82 bits per heavy atom. The molecule has 0 atom stereocenters. The van der Waals surface area contributed by atoms with Crippen molar-refractivity contribution in [2.24, 2.45) is 0 Å². The van der Waals surface area contributed by atoms with E-state index in [4.69, 9.17) is 0 Å². The van der Waals surface area contributed by atoms with E-state index in [1.54, 1.807) is 0 Å². The third-order valence-corrected chi connectivity index (χ3v) is 2.49. The van der Waals surface area contributed by atoms with Crippen molar-refractivity contribution in [3.63, 3.8) is 0 Å². The van der Waals surface area contributed by atoms with Crippen molar-refractivity contribution in [2.75, 3.05) is 6.61 Å². The van der Waals surface area contributed by atoms with Gasteiger partial charge in [-0.1, -0.05) is 6.58 Å². The number of hydrogen-bond acceptors (Lipinski definition) is 5. The van der Waals surface area contributed by atoms with Crippen LogP contribution in [-0.2, 0) is 19.6 Å². The molecule has 0 amide bonds. The number of carbonyl (C=O) groups excluding carboxylic acids is 1. The van der Waals surface area contributed by atoms with Gasteiger partial charge in [0.05, 0.1) is 13.0 Å². The van der Waals surface area contributed by atoms with Gasteiger partial charge in [-0.3, -0.25) is 0 Å². The van der Waals surface area contributed by atoms with Gasteiger partial charge in [0.25, 0.3) is 0 Å². The van der Waals surface area contributed by atoms with Gasteiger partial charge in [-0.15, -0.1) is 0 Å². The minimum atomic E-state index is -6.51. The van der Waals surface area contributed by atoms with Gasteiger partial charge in [0.1, 0.15) is 0 Å². The maximum absolute atomic E-state index is 12.7. The highest BCUT2D eigenvalue weighted by atomic mass is 32.2. The number of carbonyl (C=O) groups is 1. The highest BCUT2D eigenvalue weighted by Crippen LogP contribution is 2.40. The SMILES string of the molecule is C=CC(=O)OCCC(F)(F)C(F)(F)S(=O)(=O)[O-]. The Kier molecular flexibility index (Phi) is 4.66. The summed E-state index contributed by atoms with van der Waals surface area (Å²) in [5, 5.41) is -5.76. The minimum absolute atomic E-state index is 0.598. The predicted octanol–water partition coefficient (Wildman–Crippen LogP) is 0.879. The summed E-state index contributed by atoms with van der Waals surface area (Å²) >= 11 is 0. The molecule has 0 aromatic carbocycles. The smallest absolute Gasteiger partial charge is 0.396 e. The molecule has 0 heterocycles. The predicted molar refractivity (Wildman–Crippen MR) is 45.4 cm³/mol. The van der Waals surface area contributed by atoms with Crippen LogP contribution >= 0.6 is 0 Å². The van der Waals surface area contributed by atoms with E-state index >= 15 is 0 Å². The fraction of sp³-hybridized carbons (Fsp3) is 0.571. The molecule has 0 spiro atoms. The van der Waals surface area contributed by atoms with Gasteiger partial charge in [-0.05, 0) is 0 Å². The lowest BCUT2D eigenvalue weighted by molar-refractivity contribution is -0.173. The zero-order chi connectivity index (χ0) is 13.9. The van der Waals surface area contributed by atoms with E-state index in [-0.39, 0.29) is 0 Å². The molecule has 0 aliphatic rings. The first-order chi connectivity index (χ1) is 7.45. The number of hydrogen-bond donors (Lipinski definition) is 0. The van der Waals surface area contributed by atoms with E-state index in [9.17, 15) is 35.3 Å². The Hall–Kier alpha value is -1.16. The Morgan fingerprint density at radius 3 is 2.18 bits per heavy atom. The van der Waals surface area contributed by atoms with Crippen molar-refractivity contribution in [3.05, 3.63) is 12.7 Å². The summed E-state index contributed by atoms with van der Waals surface area (Å²) in [4.78, 5) is 10.4. The Bertz CT molecular complexity index is 402. The topological polar surface area (TPSA) is 83.5 Å². The highest BCUT2D eigenvalue weighted by Gasteiger charge is 2.61. The van der Waals surface area contributed by atoms with Gasteiger partial charge >= 0.3 is 17.1 Å². The lowest BCUT2D eigenvalue weighted by Crippen LogP contribution is -2.47. The van der Waals surface area contributed by atoms with Crippen LogP contribution in [0.2, 0.25) is 0 Å². The Labute approximate surface area is 93.8 Å². The van der Waals surface area contributed by atoms with E-state index < -0.39 is 40.3 Å². The standard InChI is InChI=1S/C7H8F4O5S/c1-2-5(12)16-4-3-6(8,9)7(10,11)17(13,14)15/h2H,1,3-4H2,(H,13,14,15)/p-1. The maximum Gasteiger partial charge on any atom is 0.396 e. The second-order valence-electron chi connectivity index (χ2n) is 2.80. The summed E-state index contributed by atoms with van der Waals surface area (Å²) in [7, 11) is -6.51. The van der Waals surface area contributed by atoms with Crippen LogP contribution in [0.15, 0.2) is 12.7 Å². The molecule has 0 saturated carbocycles. The van der Waals surface area contributed by atoms with E-state index in [2.05, 4.69) is 11.3 Å². The van der Waals surface area contributed by atoms with Gasteiger partial charge in [0, 0.05) is 6.08 Å². The molecule has 0 fully saturated rings. The van der Waals surface area contributed by atoms with Crippen molar-refractivity contribution in [1.29, 1.82) is 0 Å². The number of halogens is 4. The number of alkyl halides is 4. The van der Waals surface area contributed by atoms with Crippen LogP contribution in [0.4, 0.5) is 17.6 Å². The van der Waals surface area contributed by atoms with Crippen molar-refractivity contribution < 1.29 is 40.1 Å². The summed E-state index contributed by atoms with van der Waals surface area (Å²) < 4.78 is 84.2. The highest BCUT2D eigenvalue weighted by molar-refractivity contribution is 7.86. The van der Waals surface area contributed by atoms with Crippen molar-refractivity contribution in [3.8, 4) is 0 Å². The average molecular weight is 279 g/mol. The lowest BCUT2D eigenvalue weighted by atomic mass is 10.2. The Balaban J connectivity index is 4.69. The second-order valence-corrected chi connectivity index (χ2v) is 4.22. The molecule has 5 nitrogen and oxygen atoms in total. The van der Waals surface area contributed by atoms with Crippen molar-refractivity contribution >= 4 is 16.1 Å². The molecule has 17 heavy (non-hydrogen) atoms. The molecule has 0 radical (unpaired) electrons. The molecule has 0 unspecified atom stereocenters. The zero-order valence-corrected chi connectivity index (χ0v) is 8.98. The van der Waals surface area contributed by atoms with E-state index in [1.165, 1.54) is 0 Å². The van der Waals surface area contributed by atoms with Gasteiger partial charge in [0.15, 0.2) is 10.1 Å². The van der Waals surface area contributed by atoms with Gasteiger partial charge in [-0.2, -0.15) is 17.6 Å². The molecule has 10 heteroatoms. The molecular weight excluding hydrogens is 272 g/mol. The molecule has 0 aliphatic heterocycles. The number of ether oxygens (including phenoxy) is 1. The quantitative estimate of drug-likeness (QED) is 0.312. The van der Waals surface area contributed by atoms with E-state index in [0.29, 0.717) is 6.08 Å². The normalized spacial score (nSPS) is 13.2. The maximum atomic E-state index is 12.7. The van der Waals surface area contributed by atoms with Crippen molar-refractivity contribution in [1.82, 2.24) is 0 Å². The minimum Gasteiger partial charge on any atom is -0.743 e. The summed E-state index contributed by atoms with van der Waals surface area (Å²) in [6, 6.07) is 0. The first-order valence-electron chi connectivity index (χ1n) is 3.96. The molecule has 0 N–H and O–H groups in total. The first-order valence-corrected chi connectivity index (χ1v) is 5.37. The number of esters is 1. The van der Waals surface area contributed by atoms with Crippen LogP contribution in [0.3, 0.4) is 0 Å². The molecule has 0 bridgehead atoms. The van der Waals surface area contributed by atoms with Crippen LogP contribution in [0.5, 0.6) is 0 Å². The molecule has 0 aliphatic carbocycles. The molecule has 0 saturated heterocycles. The van der Waals surface area contributed by atoms with Gasteiger partial charge in [0.2, 0.25) is 0 Å². The van der Waals surface area contributed by atoms with Crippen LogP contribution in [0, 0.1) is 0 Å². The third kappa shape index (κ3) is 3.66.